The van der Waals surface area contributed by atoms with Gasteiger partial charge in [0.2, 0.25) is 0 Å². The van der Waals surface area contributed by atoms with Crippen molar-refractivity contribution < 1.29 is 9.90 Å². The number of halogens is 1. The van der Waals surface area contributed by atoms with Crippen LogP contribution in [0.15, 0.2) is 11.6 Å². The second-order valence-electron chi connectivity index (χ2n) is 1.96. The summed E-state index contributed by atoms with van der Waals surface area (Å²) in [6.07, 6.45) is 0. The largest absolute Gasteiger partial charge is 0.394 e. The smallest absolute Gasteiger partial charge is 0.262 e. The van der Waals surface area contributed by atoms with Crippen molar-refractivity contribution in [3.05, 3.63) is 11.6 Å². The zero-order valence-electron chi connectivity index (χ0n) is 5.72. The van der Waals surface area contributed by atoms with Gasteiger partial charge in [-0.3, -0.25) is 4.79 Å². The van der Waals surface area contributed by atoms with Gasteiger partial charge < -0.3 is 10.4 Å². The first-order valence-electron chi connectivity index (χ1n) is 2.84. The third kappa shape index (κ3) is 3.48. The minimum absolute atomic E-state index is 0.0692. The molecule has 10 heavy (non-hydrogen) atoms. The van der Waals surface area contributed by atoms with Crippen molar-refractivity contribution in [3.63, 3.8) is 0 Å². The van der Waals surface area contributed by atoms with E-state index in [9.17, 15) is 4.79 Å². The van der Waals surface area contributed by atoms with E-state index in [0.717, 1.165) is 0 Å². The number of rotatable bonds is 3. The summed E-state index contributed by atoms with van der Waals surface area (Å²) < 4.78 is 0. The van der Waals surface area contributed by atoms with Crippen LogP contribution < -0.4 is 5.32 Å². The Hall–Kier alpha value is -0.540. The topological polar surface area (TPSA) is 49.3 Å². The number of nitrogens with one attached hydrogen (secondary N) is 1. The number of aliphatic hydroxyl groups excluding tert-OH is 1. The second kappa shape index (κ2) is 4.30. The van der Waals surface area contributed by atoms with Crippen LogP contribution in [0.1, 0.15) is 6.92 Å². The SMILES string of the molecule is C=C(Cl)C(=O)N[C@@H](C)CO. The monoisotopic (exact) mass is 163 g/mol. The molecule has 0 aromatic rings. The van der Waals surface area contributed by atoms with Gasteiger partial charge in [0.1, 0.15) is 0 Å². The summed E-state index contributed by atoms with van der Waals surface area (Å²) in [4.78, 5) is 10.7. The number of hydrogen-bond acceptors (Lipinski definition) is 2. The Morgan fingerprint density at radius 2 is 2.40 bits per heavy atom. The number of amides is 1. The summed E-state index contributed by atoms with van der Waals surface area (Å²) in [5.41, 5.74) is 0. The van der Waals surface area contributed by atoms with Crippen LogP contribution in [-0.2, 0) is 4.79 Å². The molecule has 3 nitrogen and oxygen atoms in total. The van der Waals surface area contributed by atoms with E-state index < -0.39 is 5.91 Å². The number of aliphatic hydroxyl groups is 1. The van der Waals surface area contributed by atoms with Gasteiger partial charge in [0.15, 0.2) is 0 Å². The highest BCUT2D eigenvalue weighted by Crippen LogP contribution is 1.95. The summed E-state index contributed by atoms with van der Waals surface area (Å²) in [7, 11) is 0. The fourth-order valence-corrected chi connectivity index (χ4v) is 0.402. The third-order valence-corrected chi connectivity index (χ3v) is 1.07. The molecule has 4 heteroatoms. The van der Waals surface area contributed by atoms with E-state index in [1.54, 1.807) is 6.92 Å². The highest BCUT2D eigenvalue weighted by molar-refractivity contribution is 6.41. The molecule has 0 radical (unpaired) electrons. The summed E-state index contributed by atoms with van der Waals surface area (Å²) >= 11 is 5.24. The highest BCUT2D eigenvalue weighted by Gasteiger charge is 2.06. The molecule has 0 unspecified atom stereocenters. The summed E-state index contributed by atoms with van der Waals surface area (Å²) in [5, 5.41) is 10.8. The number of carbonyl (C=O) groups is 1. The van der Waals surface area contributed by atoms with Crippen LogP contribution in [0.3, 0.4) is 0 Å². The predicted octanol–water partition coefficient (Wildman–Crippen LogP) is 0.236. The van der Waals surface area contributed by atoms with Crippen molar-refractivity contribution in [1.82, 2.24) is 5.32 Å². The first kappa shape index (κ1) is 9.46. The van der Waals surface area contributed by atoms with Gasteiger partial charge in [0.25, 0.3) is 5.91 Å². The van der Waals surface area contributed by atoms with Gasteiger partial charge in [0, 0.05) is 6.04 Å². The zero-order chi connectivity index (χ0) is 8.15. The van der Waals surface area contributed by atoms with E-state index in [2.05, 4.69) is 11.9 Å². The van der Waals surface area contributed by atoms with Crippen LogP contribution in [0, 0.1) is 0 Å². The maximum absolute atomic E-state index is 10.7. The van der Waals surface area contributed by atoms with Gasteiger partial charge in [-0.15, -0.1) is 0 Å². The van der Waals surface area contributed by atoms with Gasteiger partial charge in [0.05, 0.1) is 11.6 Å². The molecule has 2 N–H and O–H groups in total. The second-order valence-corrected chi connectivity index (χ2v) is 2.42. The lowest BCUT2D eigenvalue weighted by molar-refractivity contribution is -0.117. The molecule has 0 heterocycles. The molecular weight excluding hydrogens is 154 g/mol. The zero-order valence-corrected chi connectivity index (χ0v) is 6.48. The first-order valence-corrected chi connectivity index (χ1v) is 3.22. The highest BCUT2D eigenvalue weighted by atomic mass is 35.5. The summed E-state index contributed by atoms with van der Waals surface area (Å²) in [5.74, 6) is -0.441. The summed E-state index contributed by atoms with van der Waals surface area (Å²) in [6.45, 7) is 4.78. The van der Waals surface area contributed by atoms with Crippen molar-refractivity contribution in [3.8, 4) is 0 Å². The molecule has 0 rings (SSSR count). The maximum atomic E-state index is 10.7. The van der Waals surface area contributed by atoms with Crippen LogP contribution in [0.25, 0.3) is 0 Å². The average Bonchev–Trinajstić information content (AvgIpc) is 1.87. The molecule has 0 aliphatic heterocycles. The van der Waals surface area contributed by atoms with Crippen LogP contribution in [0.4, 0.5) is 0 Å². The minimum atomic E-state index is -0.441. The fraction of sp³-hybridized carbons (Fsp3) is 0.500. The van der Waals surface area contributed by atoms with Crippen molar-refractivity contribution in [1.29, 1.82) is 0 Å². The van der Waals surface area contributed by atoms with E-state index in [0.29, 0.717) is 0 Å². The molecule has 0 fully saturated rings. The van der Waals surface area contributed by atoms with Gasteiger partial charge in [-0.1, -0.05) is 18.2 Å². The number of carbonyl (C=O) groups excluding carboxylic acids is 1. The minimum Gasteiger partial charge on any atom is -0.394 e. The lowest BCUT2D eigenvalue weighted by Gasteiger charge is -2.08. The Bertz CT molecular complexity index is 147. The van der Waals surface area contributed by atoms with E-state index in [-0.39, 0.29) is 17.7 Å². The molecule has 0 saturated heterocycles. The molecule has 0 saturated carbocycles. The standard InChI is InChI=1S/C6H10ClNO2/c1-4(3-9)8-6(10)5(2)7/h4,9H,2-3H2,1H3,(H,8,10)/t4-/m0/s1. The summed E-state index contributed by atoms with van der Waals surface area (Å²) in [6, 6.07) is -0.275. The molecular formula is C6H10ClNO2. The average molecular weight is 164 g/mol. The van der Waals surface area contributed by atoms with Gasteiger partial charge >= 0.3 is 0 Å². The van der Waals surface area contributed by atoms with E-state index >= 15 is 0 Å². The molecule has 0 aliphatic carbocycles. The van der Waals surface area contributed by atoms with Crippen molar-refractivity contribution in [2.75, 3.05) is 6.61 Å². The Balaban J connectivity index is 3.68. The quantitative estimate of drug-likeness (QED) is 0.586. The molecule has 0 aliphatic rings. The van der Waals surface area contributed by atoms with Gasteiger partial charge in [-0.25, -0.2) is 0 Å². The molecule has 0 spiro atoms. The Morgan fingerprint density at radius 3 is 2.70 bits per heavy atom. The maximum Gasteiger partial charge on any atom is 0.262 e. The normalized spacial score (nSPS) is 12.3. The van der Waals surface area contributed by atoms with Crippen molar-refractivity contribution in [2.24, 2.45) is 0 Å². The Labute approximate surface area is 64.7 Å². The number of hydrogen-bond donors (Lipinski definition) is 2. The molecule has 0 aromatic carbocycles. The molecule has 0 bridgehead atoms. The molecule has 0 aromatic heterocycles. The van der Waals surface area contributed by atoms with Crippen molar-refractivity contribution >= 4 is 17.5 Å². The Kier molecular flexibility index (Phi) is 4.07. The lowest BCUT2D eigenvalue weighted by atomic mass is 10.3. The third-order valence-electron chi connectivity index (χ3n) is 0.898. The Morgan fingerprint density at radius 1 is 1.90 bits per heavy atom. The van der Waals surface area contributed by atoms with E-state index in [4.69, 9.17) is 16.7 Å². The van der Waals surface area contributed by atoms with Crippen molar-refractivity contribution in [2.45, 2.75) is 13.0 Å². The molecule has 58 valence electrons. The van der Waals surface area contributed by atoms with Gasteiger partial charge in [-0.2, -0.15) is 0 Å². The van der Waals surface area contributed by atoms with Crippen LogP contribution in [0.5, 0.6) is 0 Å². The van der Waals surface area contributed by atoms with Crippen LogP contribution >= 0.6 is 11.6 Å². The molecule has 1 atom stereocenters. The van der Waals surface area contributed by atoms with Crippen LogP contribution in [-0.4, -0.2) is 23.7 Å². The lowest BCUT2D eigenvalue weighted by Crippen LogP contribution is -2.34. The first-order chi connectivity index (χ1) is 4.57. The predicted molar refractivity (Wildman–Crippen MR) is 39.7 cm³/mol. The van der Waals surface area contributed by atoms with Crippen LogP contribution in [0.2, 0.25) is 0 Å². The van der Waals surface area contributed by atoms with E-state index in [1.807, 2.05) is 0 Å². The molecule has 1 amide bonds. The van der Waals surface area contributed by atoms with Gasteiger partial charge in [-0.05, 0) is 6.92 Å². The van der Waals surface area contributed by atoms with E-state index in [1.165, 1.54) is 0 Å². The fourth-order valence-electron chi connectivity index (χ4n) is 0.348.